The minimum atomic E-state index is 0.344. The first-order chi connectivity index (χ1) is 10.7. The third-order valence-electron chi connectivity index (χ3n) is 4.75. The molecule has 22 heavy (non-hydrogen) atoms. The molecule has 1 aliphatic heterocycles. The van der Waals surface area contributed by atoms with E-state index in [1.54, 1.807) is 0 Å². The van der Waals surface area contributed by atoms with E-state index in [1.807, 2.05) is 12.1 Å². The first-order valence-electron chi connectivity index (χ1n) is 8.20. The van der Waals surface area contributed by atoms with Gasteiger partial charge in [0.2, 0.25) is 0 Å². The highest BCUT2D eigenvalue weighted by atomic mass is 35.5. The van der Waals surface area contributed by atoms with E-state index in [9.17, 15) is 0 Å². The Labute approximate surface area is 137 Å². The first kappa shape index (κ1) is 15.7. The summed E-state index contributed by atoms with van der Waals surface area (Å²) in [6.45, 7) is 8.80. The lowest BCUT2D eigenvalue weighted by Crippen LogP contribution is -2.46. The third kappa shape index (κ3) is 3.12. The Morgan fingerprint density at radius 3 is 2.73 bits per heavy atom. The Morgan fingerprint density at radius 2 is 2.00 bits per heavy atom. The molecule has 118 valence electrons. The molecule has 2 atom stereocenters. The van der Waals surface area contributed by atoms with Crippen LogP contribution >= 0.6 is 11.6 Å². The molecule has 1 N–H and O–H groups in total. The van der Waals surface area contributed by atoms with Gasteiger partial charge in [-0.1, -0.05) is 50.1 Å². The number of hydrogen-bond donors (Lipinski definition) is 1. The van der Waals surface area contributed by atoms with Crippen molar-refractivity contribution in [3.05, 3.63) is 41.0 Å². The number of para-hydroxylation sites is 1. The lowest BCUT2D eigenvalue weighted by Gasteiger charge is -2.38. The molecule has 3 nitrogen and oxygen atoms in total. The molecule has 1 unspecified atom stereocenters. The molecule has 2 aromatic rings. The molecule has 1 saturated heterocycles. The number of aromatic nitrogens is 1. The Kier molecular flexibility index (Phi) is 4.97. The van der Waals surface area contributed by atoms with E-state index in [0.717, 1.165) is 38.1 Å². The smallest absolute Gasteiger partial charge is 0.134 e. The van der Waals surface area contributed by atoms with Crippen molar-refractivity contribution in [1.29, 1.82) is 0 Å². The molecule has 0 saturated carbocycles. The summed E-state index contributed by atoms with van der Waals surface area (Å²) in [7, 11) is 0. The zero-order chi connectivity index (χ0) is 15.5. The number of rotatable bonds is 4. The molecular formula is C18H24ClN3. The van der Waals surface area contributed by atoms with Crippen LogP contribution in [0.2, 0.25) is 5.15 Å². The van der Waals surface area contributed by atoms with Gasteiger partial charge in [0.25, 0.3) is 0 Å². The molecule has 2 heterocycles. The van der Waals surface area contributed by atoms with E-state index in [4.69, 9.17) is 11.6 Å². The fourth-order valence-corrected chi connectivity index (χ4v) is 3.62. The predicted molar refractivity (Wildman–Crippen MR) is 93.4 cm³/mol. The molecule has 3 rings (SSSR count). The average Bonchev–Trinajstić information content (AvgIpc) is 2.56. The third-order valence-corrected chi connectivity index (χ3v) is 5.05. The largest absolute Gasteiger partial charge is 0.314 e. The van der Waals surface area contributed by atoms with Crippen molar-refractivity contribution in [1.82, 2.24) is 15.2 Å². The SMILES string of the molecule is CCC(C)[C@@H](c1cc2ccccc2nc1Cl)N1CCNCC1. The maximum atomic E-state index is 6.56. The van der Waals surface area contributed by atoms with Gasteiger partial charge in [0.1, 0.15) is 5.15 Å². The Balaban J connectivity index is 2.04. The fourth-order valence-electron chi connectivity index (χ4n) is 3.36. The molecule has 0 bridgehead atoms. The van der Waals surface area contributed by atoms with Crippen LogP contribution < -0.4 is 5.32 Å². The van der Waals surface area contributed by atoms with E-state index in [-0.39, 0.29) is 0 Å². The maximum absolute atomic E-state index is 6.56. The molecule has 0 aliphatic carbocycles. The molecule has 0 amide bonds. The van der Waals surface area contributed by atoms with Gasteiger partial charge in [0.15, 0.2) is 0 Å². The van der Waals surface area contributed by atoms with E-state index in [0.29, 0.717) is 17.1 Å². The van der Waals surface area contributed by atoms with Crippen LogP contribution in [0.15, 0.2) is 30.3 Å². The minimum Gasteiger partial charge on any atom is -0.314 e. The van der Waals surface area contributed by atoms with Gasteiger partial charge < -0.3 is 5.32 Å². The summed E-state index contributed by atoms with van der Waals surface area (Å²) in [5.41, 5.74) is 2.15. The van der Waals surface area contributed by atoms with Gasteiger partial charge >= 0.3 is 0 Å². The number of pyridine rings is 1. The number of fused-ring (bicyclic) bond motifs is 1. The second-order valence-corrected chi connectivity index (χ2v) is 6.54. The summed E-state index contributed by atoms with van der Waals surface area (Å²) < 4.78 is 0. The number of hydrogen-bond acceptors (Lipinski definition) is 3. The first-order valence-corrected chi connectivity index (χ1v) is 8.58. The summed E-state index contributed by atoms with van der Waals surface area (Å²) in [6.07, 6.45) is 1.14. The molecule has 0 radical (unpaired) electrons. The van der Waals surface area contributed by atoms with E-state index in [1.165, 1.54) is 10.9 Å². The van der Waals surface area contributed by atoms with Crippen LogP contribution in [-0.4, -0.2) is 36.1 Å². The van der Waals surface area contributed by atoms with Gasteiger partial charge in [-0.15, -0.1) is 0 Å². The number of piperazine rings is 1. The molecule has 1 aromatic carbocycles. The monoisotopic (exact) mass is 317 g/mol. The zero-order valence-electron chi connectivity index (χ0n) is 13.3. The van der Waals surface area contributed by atoms with Gasteiger partial charge in [-0.05, 0) is 18.1 Å². The minimum absolute atomic E-state index is 0.344. The zero-order valence-corrected chi connectivity index (χ0v) is 14.1. The normalized spacial score (nSPS) is 19.2. The molecule has 1 aliphatic rings. The predicted octanol–water partition coefficient (Wildman–Crippen LogP) is 3.88. The van der Waals surface area contributed by atoms with Gasteiger partial charge in [0.05, 0.1) is 5.52 Å². The second-order valence-electron chi connectivity index (χ2n) is 6.18. The van der Waals surface area contributed by atoms with Crippen molar-refractivity contribution in [3.63, 3.8) is 0 Å². The molecule has 1 aromatic heterocycles. The summed E-state index contributed by atoms with van der Waals surface area (Å²) >= 11 is 6.56. The van der Waals surface area contributed by atoms with Crippen molar-refractivity contribution in [2.45, 2.75) is 26.3 Å². The highest BCUT2D eigenvalue weighted by Gasteiger charge is 2.28. The van der Waals surface area contributed by atoms with Crippen LogP contribution in [0.5, 0.6) is 0 Å². The number of nitrogens with one attached hydrogen (secondary N) is 1. The second kappa shape index (κ2) is 6.95. The Morgan fingerprint density at radius 1 is 1.27 bits per heavy atom. The standard InChI is InChI=1S/C18H24ClN3/c1-3-13(2)17(22-10-8-20-9-11-22)15-12-14-6-4-5-7-16(14)21-18(15)19/h4-7,12-13,17,20H,3,8-11H2,1-2H3/t13?,17-/m0/s1. The summed E-state index contributed by atoms with van der Waals surface area (Å²) in [4.78, 5) is 7.19. The van der Waals surface area contributed by atoms with Crippen LogP contribution in [0, 0.1) is 5.92 Å². The van der Waals surface area contributed by atoms with Gasteiger partial charge in [-0.3, -0.25) is 4.90 Å². The highest BCUT2D eigenvalue weighted by Crippen LogP contribution is 2.36. The van der Waals surface area contributed by atoms with Crippen molar-refractivity contribution in [2.75, 3.05) is 26.2 Å². The van der Waals surface area contributed by atoms with E-state index < -0.39 is 0 Å². The van der Waals surface area contributed by atoms with Gasteiger partial charge in [-0.25, -0.2) is 4.98 Å². The molecule has 4 heteroatoms. The van der Waals surface area contributed by atoms with Crippen LogP contribution in [0.4, 0.5) is 0 Å². The summed E-state index contributed by atoms with van der Waals surface area (Å²) in [5.74, 6) is 0.554. The lowest BCUT2D eigenvalue weighted by molar-refractivity contribution is 0.128. The topological polar surface area (TPSA) is 28.2 Å². The molecule has 0 spiro atoms. The maximum Gasteiger partial charge on any atom is 0.134 e. The Bertz CT molecular complexity index is 637. The fraction of sp³-hybridized carbons (Fsp3) is 0.500. The summed E-state index contributed by atoms with van der Waals surface area (Å²) in [6, 6.07) is 10.8. The van der Waals surface area contributed by atoms with Crippen LogP contribution in [0.25, 0.3) is 10.9 Å². The molecule has 1 fully saturated rings. The quantitative estimate of drug-likeness (QED) is 0.867. The Hall–Kier alpha value is -1.16. The van der Waals surface area contributed by atoms with E-state index >= 15 is 0 Å². The van der Waals surface area contributed by atoms with Crippen molar-refractivity contribution in [3.8, 4) is 0 Å². The van der Waals surface area contributed by atoms with Gasteiger partial charge in [-0.2, -0.15) is 0 Å². The lowest BCUT2D eigenvalue weighted by atomic mass is 9.90. The van der Waals surface area contributed by atoms with Gasteiger partial charge in [0, 0.05) is 43.2 Å². The van der Waals surface area contributed by atoms with E-state index in [2.05, 4.69) is 47.2 Å². The highest BCUT2D eigenvalue weighted by molar-refractivity contribution is 6.30. The van der Waals surface area contributed by atoms with Crippen LogP contribution in [-0.2, 0) is 0 Å². The van der Waals surface area contributed by atoms with Crippen molar-refractivity contribution < 1.29 is 0 Å². The van der Waals surface area contributed by atoms with Crippen LogP contribution in [0.1, 0.15) is 31.9 Å². The molecular weight excluding hydrogens is 294 g/mol. The summed E-state index contributed by atoms with van der Waals surface area (Å²) in [5, 5.41) is 5.26. The average molecular weight is 318 g/mol. The van der Waals surface area contributed by atoms with Crippen LogP contribution in [0.3, 0.4) is 0 Å². The number of benzene rings is 1. The van der Waals surface area contributed by atoms with Crippen molar-refractivity contribution in [2.24, 2.45) is 5.92 Å². The number of nitrogens with zero attached hydrogens (tertiary/aromatic N) is 2. The van der Waals surface area contributed by atoms with Crippen molar-refractivity contribution >= 4 is 22.5 Å². The number of halogens is 1.